The third-order valence-electron chi connectivity index (χ3n) is 3.69. The van der Waals surface area contributed by atoms with Gasteiger partial charge in [0.25, 0.3) is 0 Å². The summed E-state index contributed by atoms with van der Waals surface area (Å²) in [5, 5.41) is 22.2. The van der Waals surface area contributed by atoms with Crippen molar-refractivity contribution in [2.24, 2.45) is 0 Å². The fourth-order valence-corrected chi connectivity index (χ4v) is 2.57. The quantitative estimate of drug-likeness (QED) is 0.616. The van der Waals surface area contributed by atoms with E-state index in [4.69, 9.17) is 9.47 Å². The number of hydrogen-bond acceptors (Lipinski definition) is 8. The van der Waals surface area contributed by atoms with Crippen molar-refractivity contribution in [3.05, 3.63) is 28.8 Å². The van der Waals surface area contributed by atoms with Crippen molar-refractivity contribution in [3.63, 3.8) is 0 Å². The number of nitrogens with zero attached hydrogens (tertiary/aromatic N) is 2. The van der Waals surface area contributed by atoms with Crippen LogP contribution in [0.4, 0.5) is 10.6 Å². The number of carbonyl (C=O) groups excluding carboxylic acids is 1. The highest BCUT2D eigenvalue weighted by Gasteiger charge is 2.42. The van der Waals surface area contributed by atoms with Crippen LogP contribution in [0.25, 0.3) is 6.08 Å². The maximum Gasteiger partial charge on any atom is 0.412 e. The molecule has 0 aromatic carbocycles. The molecule has 1 aliphatic rings. The van der Waals surface area contributed by atoms with Gasteiger partial charge in [0.2, 0.25) is 0 Å². The van der Waals surface area contributed by atoms with Gasteiger partial charge in [0.15, 0.2) is 6.23 Å². The summed E-state index contributed by atoms with van der Waals surface area (Å²) in [7, 11) is 0. The summed E-state index contributed by atoms with van der Waals surface area (Å²) in [5.41, 5.74) is -0.415. The Hall–Kier alpha value is -1.88. The second-order valence-corrected chi connectivity index (χ2v) is 6.39. The molecule has 1 aromatic rings. The summed E-state index contributed by atoms with van der Waals surface area (Å²) >= 11 is 1.53. The highest BCUT2D eigenvalue weighted by atomic mass is 32.2. The van der Waals surface area contributed by atoms with E-state index in [2.05, 4.69) is 16.9 Å². The Labute approximate surface area is 148 Å². The van der Waals surface area contributed by atoms with Gasteiger partial charge < -0.3 is 19.7 Å². The van der Waals surface area contributed by atoms with E-state index in [1.54, 1.807) is 6.92 Å². The van der Waals surface area contributed by atoms with Crippen LogP contribution in [-0.2, 0) is 9.47 Å². The van der Waals surface area contributed by atoms with Gasteiger partial charge in [0.05, 0.1) is 6.10 Å². The zero-order valence-electron chi connectivity index (χ0n) is 13.9. The first-order valence-electron chi connectivity index (χ1n) is 7.59. The highest BCUT2D eigenvalue weighted by Crippen LogP contribution is 2.28. The standard InChI is InChI=1S/C15H21N3O6S/c1-4-9-7-18(13-11(20)10(19)8(2)24-13)14(21)16-12(9)17-15(22)23-5-6-25-3/h4,7-8,10-11,13,19-20H,1,5-6H2,2-3H3,(H,16,17,21,22)/t8-,10-,11-,13-/m1/s1. The van der Waals surface area contributed by atoms with Crippen LogP contribution in [0.5, 0.6) is 0 Å². The molecule has 9 nitrogen and oxygen atoms in total. The smallest absolute Gasteiger partial charge is 0.412 e. The summed E-state index contributed by atoms with van der Waals surface area (Å²) in [6, 6.07) is 0. The lowest BCUT2D eigenvalue weighted by Gasteiger charge is -2.18. The maximum atomic E-state index is 12.2. The van der Waals surface area contributed by atoms with Crippen LogP contribution in [0.3, 0.4) is 0 Å². The number of aromatic nitrogens is 2. The Morgan fingerprint density at radius 3 is 2.84 bits per heavy atom. The summed E-state index contributed by atoms with van der Waals surface area (Å²) in [5.74, 6) is 0.639. The number of thioether (sulfide) groups is 1. The molecular weight excluding hydrogens is 350 g/mol. The predicted molar refractivity (Wildman–Crippen MR) is 93.5 cm³/mol. The third-order valence-corrected chi connectivity index (χ3v) is 4.27. The van der Waals surface area contributed by atoms with Crippen LogP contribution in [0.15, 0.2) is 17.6 Å². The minimum atomic E-state index is -1.28. The highest BCUT2D eigenvalue weighted by molar-refractivity contribution is 7.98. The molecule has 0 radical (unpaired) electrons. The number of nitrogens with one attached hydrogen (secondary N) is 1. The lowest BCUT2D eigenvalue weighted by atomic mass is 10.1. The second-order valence-electron chi connectivity index (χ2n) is 5.41. The molecule has 1 aliphatic heterocycles. The van der Waals surface area contributed by atoms with Crippen molar-refractivity contribution in [2.45, 2.75) is 31.5 Å². The molecule has 4 atom stereocenters. The fraction of sp³-hybridized carbons (Fsp3) is 0.533. The molecule has 1 aromatic heterocycles. The van der Waals surface area contributed by atoms with Gasteiger partial charge in [-0.05, 0) is 13.2 Å². The van der Waals surface area contributed by atoms with Crippen molar-refractivity contribution in [1.82, 2.24) is 9.55 Å². The number of carbonyl (C=O) groups is 1. The van der Waals surface area contributed by atoms with Crippen molar-refractivity contribution in [2.75, 3.05) is 23.9 Å². The molecule has 2 rings (SSSR count). The van der Waals surface area contributed by atoms with Gasteiger partial charge in [-0.25, -0.2) is 9.59 Å². The average Bonchev–Trinajstić information content (AvgIpc) is 2.83. The lowest BCUT2D eigenvalue weighted by Crippen LogP contribution is -2.36. The monoisotopic (exact) mass is 371 g/mol. The number of anilines is 1. The Morgan fingerprint density at radius 2 is 2.28 bits per heavy atom. The van der Waals surface area contributed by atoms with Crippen LogP contribution < -0.4 is 11.0 Å². The number of rotatable bonds is 6. The molecule has 0 saturated carbocycles. The molecule has 1 fully saturated rings. The summed E-state index contributed by atoms with van der Waals surface area (Å²) in [6.07, 6.45) is -0.219. The molecule has 2 heterocycles. The van der Waals surface area contributed by atoms with Crippen molar-refractivity contribution >= 4 is 29.7 Å². The number of ether oxygens (including phenoxy) is 2. The van der Waals surface area contributed by atoms with Gasteiger partial charge in [0, 0.05) is 17.5 Å². The lowest BCUT2D eigenvalue weighted by molar-refractivity contribution is -0.0350. The number of amides is 1. The van der Waals surface area contributed by atoms with Gasteiger partial charge in [-0.2, -0.15) is 16.7 Å². The van der Waals surface area contributed by atoms with Gasteiger partial charge >= 0.3 is 11.8 Å². The molecule has 10 heteroatoms. The molecule has 0 aliphatic carbocycles. The Balaban J connectivity index is 2.22. The molecule has 0 unspecified atom stereocenters. The van der Waals surface area contributed by atoms with Crippen LogP contribution in [0.2, 0.25) is 0 Å². The van der Waals surface area contributed by atoms with Crippen LogP contribution in [0, 0.1) is 0 Å². The van der Waals surface area contributed by atoms with E-state index in [-0.39, 0.29) is 12.4 Å². The zero-order valence-corrected chi connectivity index (χ0v) is 14.7. The largest absolute Gasteiger partial charge is 0.448 e. The number of hydrogen-bond donors (Lipinski definition) is 3. The molecule has 25 heavy (non-hydrogen) atoms. The zero-order chi connectivity index (χ0) is 18.6. The van der Waals surface area contributed by atoms with E-state index in [9.17, 15) is 19.8 Å². The van der Waals surface area contributed by atoms with Crippen molar-refractivity contribution < 1.29 is 24.5 Å². The second kappa shape index (κ2) is 8.48. The van der Waals surface area contributed by atoms with Crippen LogP contribution in [0.1, 0.15) is 18.7 Å². The number of aliphatic hydroxyl groups excluding tert-OH is 2. The first kappa shape index (κ1) is 19.4. The Morgan fingerprint density at radius 1 is 1.56 bits per heavy atom. The fourth-order valence-electron chi connectivity index (χ4n) is 2.32. The van der Waals surface area contributed by atoms with Crippen LogP contribution >= 0.6 is 11.8 Å². The molecule has 0 spiro atoms. The molecule has 0 bridgehead atoms. The first-order chi connectivity index (χ1) is 11.9. The van der Waals surface area contributed by atoms with Crippen LogP contribution in [-0.4, -0.2) is 62.8 Å². The molecule has 138 valence electrons. The van der Waals surface area contributed by atoms with E-state index in [1.807, 2.05) is 6.26 Å². The summed E-state index contributed by atoms with van der Waals surface area (Å²) in [4.78, 5) is 27.8. The SMILES string of the molecule is C=Cc1cn([C@@H]2O[C@H](C)[C@@H](O)[C@H]2O)c(=O)nc1NC(=O)OCCSC. The molecular formula is C15H21N3O6S. The first-order valence-corrected chi connectivity index (χ1v) is 8.98. The normalized spacial score (nSPS) is 25.6. The van der Waals surface area contributed by atoms with Gasteiger partial charge in [-0.1, -0.05) is 12.7 Å². The van der Waals surface area contributed by atoms with E-state index in [0.717, 1.165) is 4.57 Å². The summed E-state index contributed by atoms with van der Waals surface area (Å²) < 4.78 is 11.4. The average molecular weight is 371 g/mol. The van der Waals surface area contributed by atoms with Crippen molar-refractivity contribution in [3.8, 4) is 0 Å². The van der Waals surface area contributed by atoms with Gasteiger partial charge in [-0.15, -0.1) is 0 Å². The predicted octanol–water partition coefficient (Wildman–Crippen LogP) is 0.437. The van der Waals surface area contributed by atoms with E-state index in [0.29, 0.717) is 11.3 Å². The topological polar surface area (TPSA) is 123 Å². The molecule has 1 saturated heterocycles. The van der Waals surface area contributed by atoms with E-state index >= 15 is 0 Å². The van der Waals surface area contributed by atoms with E-state index < -0.39 is 36.3 Å². The summed E-state index contributed by atoms with van der Waals surface area (Å²) in [6.45, 7) is 5.43. The maximum absolute atomic E-state index is 12.2. The minimum Gasteiger partial charge on any atom is -0.448 e. The van der Waals surface area contributed by atoms with Gasteiger partial charge in [-0.3, -0.25) is 9.88 Å². The molecule has 1 amide bonds. The van der Waals surface area contributed by atoms with E-state index in [1.165, 1.54) is 24.0 Å². The Bertz CT molecular complexity index is 694. The minimum absolute atomic E-state index is 0.00788. The Kier molecular flexibility index (Phi) is 6.59. The van der Waals surface area contributed by atoms with Gasteiger partial charge in [0.1, 0.15) is 24.6 Å². The number of aliphatic hydroxyl groups is 2. The third kappa shape index (κ3) is 4.40. The van der Waals surface area contributed by atoms with Crippen molar-refractivity contribution in [1.29, 1.82) is 0 Å². The molecule has 3 N–H and O–H groups in total.